The van der Waals surface area contributed by atoms with E-state index in [1.54, 1.807) is 23.3 Å². The lowest BCUT2D eigenvalue weighted by Crippen LogP contribution is -2.42. The van der Waals surface area contributed by atoms with Crippen LogP contribution in [0.15, 0.2) is 28.3 Å². The molecular weight excluding hydrogens is 326 g/mol. The van der Waals surface area contributed by atoms with E-state index in [0.717, 1.165) is 11.8 Å². The molecule has 0 unspecified atom stereocenters. The molecule has 0 spiro atoms. The normalized spacial score (nSPS) is 34.4. The highest BCUT2D eigenvalue weighted by Crippen LogP contribution is 2.49. The largest absolute Gasteiger partial charge is 0.349 e. The average Bonchev–Trinajstić information content (AvgIpc) is 3.16. The third-order valence-corrected chi connectivity index (χ3v) is 7.04. The monoisotopic (exact) mass is 349 g/mol. The van der Waals surface area contributed by atoms with Crippen molar-refractivity contribution >= 4 is 21.8 Å². The summed E-state index contributed by atoms with van der Waals surface area (Å²) in [6, 6.07) is 0.180. The van der Waals surface area contributed by atoms with Crippen molar-refractivity contribution < 1.29 is 13.2 Å². The zero-order valence-electron chi connectivity index (χ0n) is 13.8. The summed E-state index contributed by atoms with van der Waals surface area (Å²) >= 11 is 0. The van der Waals surface area contributed by atoms with E-state index in [-0.39, 0.29) is 17.7 Å². The standard InChI is InChI=1S/C17H23N3O3S/c1-11(15-9-12-2-3-13(15)8-12)18-17(21)14-4-5-16-19-24(22,23)7-6-20(16)10-14/h4-5,10-13,15H,2-3,6-9H2,1H3,(H,18,21)/t11-,12+,13+,15+/m1/s1. The number of rotatable bonds is 3. The lowest BCUT2D eigenvalue weighted by atomic mass is 9.84. The predicted octanol–water partition coefficient (Wildman–Crippen LogP) is 1.42. The zero-order chi connectivity index (χ0) is 16.9. The molecule has 2 aliphatic carbocycles. The van der Waals surface area contributed by atoms with Crippen molar-refractivity contribution in [2.24, 2.45) is 22.2 Å². The van der Waals surface area contributed by atoms with Crippen LogP contribution in [0.1, 0.15) is 32.6 Å². The Balaban J connectivity index is 1.42. The van der Waals surface area contributed by atoms with Crippen LogP contribution in [0.25, 0.3) is 0 Å². The van der Waals surface area contributed by atoms with Crippen LogP contribution in [0.5, 0.6) is 0 Å². The fourth-order valence-electron chi connectivity index (χ4n) is 4.64. The molecular formula is C17H23N3O3S. The summed E-state index contributed by atoms with van der Waals surface area (Å²) in [7, 11) is -3.36. The molecule has 2 bridgehead atoms. The van der Waals surface area contributed by atoms with Gasteiger partial charge in [0.2, 0.25) is 0 Å². The van der Waals surface area contributed by atoms with Gasteiger partial charge in [0.1, 0.15) is 5.84 Å². The minimum Gasteiger partial charge on any atom is -0.349 e. The fourth-order valence-corrected chi connectivity index (χ4v) is 5.61. The lowest BCUT2D eigenvalue weighted by molar-refractivity contribution is -0.118. The van der Waals surface area contributed by atoms with Crippen molar-refractivity contribution in [2.45, 2.75) is 38.6 Å². The molecule has 24 heavy (non-hydrogen) atoms. The molecule has 130 valence electrons. The topological polar surface area (TPSA) is 78.8 Å². The first-order valence-corrected chi connectivity index (χ1v) is 10.3. The van der Waals surface area contributed by atoms with Gasteiger partial charge in [-0.05, 0) is 56.1 Å². The molecule has 2 aliphatic heterocycles. The first-order chi connectivity index (χ1) is 11.4. The summed E-state index contributed by atoms with van der Waals surface area (Å²) in [5, 5.41) is 3.14. The van der Waals surface area contributed by atoms with Crippen LogP contribution < -0.4 is 5.32 Å². The highest BCUT2D eigenvalue weighted by atomic mass is 32.2. The number of carbonyl (C=O) groups excluding carboxylic acids is 1. The van der Waals surface area contributed by atoms with E-state index >= 15 is 0 Å². The second kappa shape index (κ2) is 5.72. The number of carbonyl (C=O) groups is 1. The molecule has 4 aliphatic rings. The van der Waals surface area contributed by atoms with Gasteiger partial charge in [-0.15, -0.1) is 4.40 Å². The SMILES string of the molecule is C[C@@H](NC(=O)C1=CN2CCS(=O)(=O)N=C2C=C1)[C@@H]1C[C@H]2CC[C@H]1C2. The van der Waals surface area contributed by atoms with Gasteiger partial charge in [0.05, 0.1) is 11.3 Å². The van der Waals surface area contributed by atoms with Crippen molar-refractivity contribution in [3.8, 4) is 0 Å². The maximum atomic E-state index is 12.6. The molecule has 6 nitrogen and oxygen atoms in total. The van der Waals surface area contributed by atoms with Crippen LogP contribution in [0.3, 0.4) is 0 Å². The molecule has 2 heterocycles. The van der Waals surface area contributed by atoms with Gasteiger partial charge in [-0.3, -0.25) is 4.79 Å². The highest BCUT2D eigenvalue weighted by Gasteiger charge is 2.42. The fraction of sp³-hybridized carbons (Fsp3) is 0.647. The molecule has 0 aromatic carbocycles. The van der Waals surface area contributed by atoms with Gasteiger partial charge in [-0.25, -0.2) is 8.42 Å². The smallest absolute Gasteiger partial charge is 0.256 e. The van der Waals surface area contributed by atoms with Crippen LogP contribution in [-0.2, 0) is 14.8 Å². The van der Waals surface area contributed by atoms with Crippen LogP contribution >= 0.6 is 0 Å². The van der Waals surface area contributed by atoms with Gasteiger partial charge < -0.3 is 10.2 Å². The Kier molecular flexibility index (Phi) is 3.78. The third kappa shape index (κ3) is 2.90. The van der Waals surface area contributed by atoms with E-state index in [9.17, 15) is 13.2 Å². The average molecular weight is 349 g/mol. The number of nitrogens with one attached hydrogen (secondary N) is 1. The first kappa shape index (κ1) is 15.9. The lowest BCUT2D eigenvalue weighted by Gasteiger charge is -2.30. The molecule has 2 fully saturated rings. The molecule has 7 heteroatoms. The van der Waals surface area contributed by atoms with Crippen LogP contribution in [0.4, 0.5) is 0 Å². The van der Waals surface area contributed by atoms with Gasteiger partial charge in [0, 0.05) is 18.8 Å². The van der Waals surface area contributed by atoms with Crippen molar-refractivity contribution in [1.29, 1.82) is 0 Å². The summed E-state index contributed by atoms with van der Waals surface area (Å²) in [5.41, 5.74) is 0.559. The quantitative estimate of drug-likeness (QED) is 0.836. The first-order valence-electron chi connectivity index (χ1n) is 8.71. The number of nitrogens with zero attached hydrogens (tertiary/aromatic N) is 2. The van der Waals surface area contributed by atoms with E-state index in [0.29, 0.717) is 23.9 Å². The Morgan fingerprint density at radius 1 is 1.33 bits per heavy atom. The molecule has 0 saturated heterocycles. The van der Waals surface area contributed by atoms with Crippen molar-refractivity contribution in [3.05, 3.63) is 23.9 Å². The predicted molar refractivity (Wildman–Crippen MR) is 91.7 cm³/mol. The summed E-state index contributed by atoms with van der Waals surface area (Å²) < 4.78 is 26.8. The maximum Gasteiger partial charge on any atom is 0.256 e. The molecule has 0 aromatic heterocycles. The van der Waals surface area contributed by atoms with E-state index in [4.69, 9.17) is 0 Å². The van der Waals surface area contributed by atoms with Crippen LogP contribution in [0.2, 0.25) is 0 Å². The second-order valence-electron chi connectivity index (χ2n) is 7.45. The number of amidine groups is 1. The minimum atomic E-state index is -3.36. The summed E-state index contributed by atoms with van der Waals surface area (Å²) in [6.45, 7) is 2.45. The summed E-state index contributed by atoms with van der Waals surface area (Å²) in [6.07, 6.45) is 10.2. The molecule has 4 atom stereocenters. The van der Waals surface area contributed by atoms with Crippen LogP contribution in [-0.4, -0.2) is 43.4 Å². The maximum absolute atomic E-state index is 12.6. The number of hydrogen-bond acceptors (Lipinski definition) is 4. The van der Waals surface area contributed by atoms with Gasteiger partial charge in [0.15, 0.2) is 0 Å². The van der Waals surface area contributed by atoms with Crippen LogP contribution in [0, 0.1) is 17.8 Å². The Hall–Kier alpha value is -1.63. The van der Waals surface area contributed by atoms with E-state index in [1.807, 2.05) is 0 Å². The van der Waals surface area contributed by atoms with Crippen molar-refractivity contribution in [3.63, 3.8) is 0 Å². The van der Waals surface area contributed by atoms with Crippen molar-refractivity contribution in [1.82, 2.24) is 10.2 Å². The second-order valence-corrected chi connectivity index (χ2v) is 9.20. The van der Waals surface area contributed by atoms with Gasteiger partial charge in [0.25, 0.3) is 15.9 Å². The Labute approximate surface area is 142 Å². The Morgan fingerprint density at radius 2 is 2.17 bits per heavy atom. The molecule has 0 radical (unpaired) electrons. The Morgan fingerprint density at radius 3 is 2.88 bits per heavy atom. The summed E-state index contributed by atoms with van der Waals surface area (Å²) in [5.74, 6) is 2.51. The number of sulfonamides is 1. The van der Waals surface area contributed by atoms with Crippen molar-refractivity contribution in [2.75, 3.05) is 12.3 Å². The summed E-state index contributed by atoms with van der Waals surface area (Å²) in [4.78, 5) is 14.3. The van der Waals surface area contributed by atoms with Gasteiger partial charge >= 0.3 is 0 Å². The highest BCUT2D eigenvalue weighted by molar-refractivity contribution is 7.90. The van der Waals surface area contributed by atoms with Gasteiger partial charge in [-0.2, -0.15) is 0 Å². The molecule has 1 amide bonds. The molecule has 1 N–H and O–H groups in total. The van der Waals surface area contributed by atoms with E-state index in [1.165, 1.54) is 25.7 Å². The molecule has 2 saturated carbocycles. The van der Waals surface area contributed by atoms with E-state index in [2.05, 4.69) is 16.6 Å². The number of hydrogen-bond donors (Lipinski definition) is 1. The molecule has 0 aromatic rings. The van der Waals surface area contributed by atoms with Gasteiger partial charge in [-0.1, -0.05) is 6.42 Å². The third-order valence-electron chi connectivity index (χ3n) is 5.88. The number of fused-ring (bicyclic) bond motifs is 3. The van der Waals surface area contributed by atoms with E-state index < -0.39 is 10.0 Å². The minimum absolute atomic E-state index is 0.0166. The zero-order valence-corrected chi connectivity index (χ0v) is 14.6. The molecule has 4 rings (SSSR count). The number of amides is 1. The Bertz CT molecular complexity index is 753.